The second kappa shape index (κ2) is 4.59. The first-order valence-corrected chi connectivity index (χ1v) is 6.34. The molecule has 2 atom stereocenters. The third-order valence-electron chi connectivity index (χ3n) is 3.28. The summed E-state index contributed by atoms with van der Waals surface area (Å²) in [5.74, 6) is 0.823. The summed E-state index contributed by atoms with van der Waals surface area (Å²) in [7, 11) is 0. The van der Waals surface area contributed by atoms with Crippen molar-refractivity contribution in [2.45, 2.75) is 12.1 Å². The molecule has 0 amide bonds. The molecule has 0 aliphatic carbocycles. The lowest BCUT2D eigenvalue weighted by molar-refractivity contribution is 0.393. The molecule has 2 unspecified atom stereocenters. The van der Waals surface area contributed by atoms with Gasteiger partial charge in [-0.05, 0) is 17.7 Å². The first-order valence-electron chi connectivity index (χ1n) is 5.97. The van der Waals surface area contributed by atoms with Crippen molar-refractivity contribution in [1.29, 1.82) is 0 Å². The van der Waals surface area contributed by atoms with Gasteiger partial charge in [-0.25, -0.2) is 0 Å². The van der Waals surface area contributed by atoms with Gasteiger partial charge < -0.3 is 10.6 Å². The average molecular weight is 260 g/mol. The van der Waals surface area contributed by atoms with E-state index in [2.05, 4.69) is 22.0 Å². The van der Waals surface area contributed by atoms with Crippen molar-refractivity contribution in [3.05, 3.63) is 59.3 Å². The summed E-state index contributed by atoms with van der Waals surface area (Å²) in [4.78, 5) is 6.74. The predicted molar refractivity (Wildman–Crippen MR) is 74.4 cm³/mol. The number of nitrogens with two attached hydrogens (primary N) is 1. The number of aliphatic imine (C=N–C) groups is 1. The minimum atomic E-state index is 0.0484. The monoisotopic (exact) mass is 259 g/mol. The van der Waals surface area contributed by atoms with Gasteiger partial charge in [0.05, 0.1) is 17.1 Å². The molecule has 0 radical (unpaired) electrons. The molecular formula is C14H14ClN3. The van der Waals surface area contributed by atoms with E-state index in [9.17, 15) is 0 Å². The zero-order valence-corrected chi connectivity index (χ0v) is 10.6. The van der Waals surface area contributed by atoms with Crippen molar-refractivity contribution in [3.8, 4) is 0 Å². The molecule has 0 fully saturated rings. The van der Waals surface area contributed by atoms with Gasteiger partial charge in [0, 0.05) is 12.7 Å². The van der Waals surface area contributed by atoms with Gasteiger partial charge in [0.25, 0.3) is 0 Å². The van der Waals surface area contributed by atoms with Gasteiger partial charge in [0.2, 0.25) is 0 Å². The molecule has 92 valence electrons. The molecule has 0 saturated heterocycles. The normalized spacial score (nSPS) is 25.8. The van der Waals surface area contributed by atoms with E-state index in [0.717, 1.165) is 5.84 Å². The summed E-state index contributed by atoms with van der Waals surface area (Å²) in [5.41, 5.74) is 7.05. The smallest absolute Gasteiger partial charge is 0.147 e. The number of fused-ring (bicyclic) bond motifs is 1. The summed E-state index contributed by atoms with van der Waals surface area (Å²) in [5, 5.41) is 0.675. The Bertz CT molecular complexity index is 533. The topological polar surface area (TPSA) is 41.6 Å². The molecule has 2 heterocycles. The second-order valence-electron chi connectivity index (χ2n) is 4.37. The van der Waals surface area contributed by atoms with Crippen LogP contribution in [0.1, 0.15) is 11.6 Å². The fourth-order valence-corrected chi connectivity index (χ4v) is 2.69. The molecule has 3 nitrogen and oxygen atoms in total. The Morgan fingerprint density at radius 1 is 1.28 bits per heavy atom. The molecule has 0 bridgehead atoms. The summed E-state index contributed by atoms with van der Waals surface area (Å²) < 4.78 is 0. The molecule has 1 aromatic carbocycles. The lowest BCUT2D eigenvalue weighted by Gasteiger charge is -2.28. The van der Waals surface area contributed by atoms with E-state index in [-0.39, 0.29) is 12.1 Å². The Balaban J connectivity index is 2.01. The SMILES string of the molecule is NCC1N=C2C(Cl)=CC=CN2C1c1ccccc1. The lowest BCUT2D eigenvalue weighted by Crippen LogP contribution is -2.32. The van der Waals surface area contributed by atoms with Crippen LogP contribution in [0.3, 0.4) is 0 Å². The summed E-state index contributed by atoms with van der Waals surface area (Å²) in [6, 6.07) is 10.5. The van der Waals surface area contributed by atoms with Crippen LogP contribution in [0.5, 0.6) is 0 Å². The van der Waals surface area contributed by atoms with E-state index < -0.39 is 0 Å². The molecule has 0 saturated carbocycles. The Kier molecular flexibility index (Phi) is 2.94. The van der Waals surface area contributed by atoms with E-state index in [0.29, 0.717) is 11.6 Å². The van der Waals surface area contributed by atoms with E-state index in [1.165, 1.54) is 5.56 Å². The van der Waals surface area contributed by atoms with E-state index in [1.54, 1.807) is 0 Å². The van der Waals surface area contributed by atoms with Crippen LogP contribution < -0.4 is 5.73 Å². The molecular weight excluding hydrogens is 246 g/mol. The predicted octanol–water partition coefficient (Wildman–Crippen LogP) is 2.42. The van der Waals surface area contributed by atoms with Crippen molar-refractivity contribution in [2.24, 2.45) is 10.7 Å². The van der Waals surface area contributed by atoms with Crippen LogP contribution in [0.2, 0.25) is 0 Å². The van der Waals surface area contributed by atoms with Crippen LogP contribution >= 0.6 is 11.6 Å². The number of halogens is 1. The fraction of sp³-hybridized carbons (Fsp3) is 0.214. The standard InChI is InChI=1S/C14H14ClN3/c15-11-7-4-8-18-13(10-5-2-1-3-6-10)12(9-16)17-14(11)18/h1-8,12-13H,9,16H2. The van der Waals surface area contributed by atoms with Gasteiger partial charge in [0.15, 0.2) is 0 Å². The van der Waals surface area contributed by atoms with Gasteiger partial charge in [-0.1, -0.05) is 41.9 Å². The summed E-state index contributed by atoms with van der Waals surface area (Å²) >= 11 is 6.19. The number of hydrogen-bond acceptors (Lipinski definition) is 3. The lowest BCUT2D eigenvalue weighted by atomic mass is 9.99. The first-order chi connectivity index (χ1) is 8.81. The molecule has 2 aliphatic heterocycles. The second-order valence-corrected chi connectivity index (χ2v) is 4.78. The number of hydrogen-bond donors (Lipinski definition) is 1. The highest BCUT2D eigenvalue weighted by molar-refractivity contribution is 6.43. The number of allylic oxidation sites excluding steroid dienone is 2. The molecule has 1 aromatic rings. The molecule has 2 N–H and O–H groups in total. The Morgan fingerprint density at radius 3 is 2.78 bits per heavy atom. The van der Waals surface area contributed by atoms with Crippen molar-refractivity contribution in [1.82, 2.24) is 4.90 Å². The molecule has 2 aliphatic rings. The number of benzene rings is 1. The Hall–Kier alpha value is -1.58. The zero-order valence-electron chi connectivity index (χ0n) is 9.83. The van der Waals surface area contributed by atoms with Crippen LogP contribution in [0.25, 0.3) is 0 Å². The minimum absolute atomic E-state index is 0.0484. The Labute approximate surface area is 111 Å². The van der Waals surface area contributed by atoms with Crippen molar-refractivity contribution in [3.63, 3.8) is 0 Å². The Morgan fingerprint density at radius 2 is 2.06 bits per heavy atom. The number of rotatable bonds is 2. The van der Waals surface area contributed by atoms with Gasteiger partial charge in [-0.2, -0.15) is 0 Å². The first kappa shape index (κ1) is 11.5. The van der Waals surface area contributed by atoms with E-state index >= 15 is 0 Å². The summed E-state index contributed by atoms with van der Waals surface area (Å²) in [6.45, 7) is 0.511. The van der Waals surface area contributed by atoms with Crippen LogP contribution in [0.15, 0.2) is 58.7 Å². The maximum absolute atomic E-state index is 6.19. The van der Waals surface area contributed by atoms with Crippen LogP contribution in [0, 0.1) is 0 Å². The zero-order chi connectivity index (χ0) is 12.5. The minimum Gasteiger partial charge on any atom is -0.328 e. The van der Waals surface area contributed by atoms with Crippen molar-refractivity contribution < 1.29 is 0 Å². The maximum atomic E-state index is 6.19. The van der Waals surface area contributed by atoms with E-state index in [4.69, 9.17) is 17.3 Å². The van der Waals surface area contributed by atoms with Crippen molar-refractivity contribution in [2.75, 3.05) is 6.54 Å². The van der Waals surface area contributed by atoms with Gasteiger partial charge in [-0.3, -0.25) is 4.99 Å². The third kappa shape index (κ3) is 1.76. The number of nitrogens with zero attached hydrogens (tertiary/aromatic N) is 2. The molecule has 0 spiro atoms. The van der Waals surface area contributed by atoms with Crippen LogP contribution in [-0.4, -0.2) is 23.3 Å². The fourth-order valence-electron chi connectivity index (χ4n) is 2.47. The maximum Gasteiger partial charge on any atom is 0.147 e. The highest BCUT2D eigenvalue weighted by Crippen LogP contribution is 2.36. The van der Waals surface area contributed by atoms with Crippen LogP contribution in [-0.2, 0) is 0 Å². The molecule has 0 aromatic heterocycles. The number of amidine groups is 1. The quantitative estimate of drug-likeness (QED) is 0.886. The average Bonchev–Trinajstić information content (AvgIpc) is 2.80. The molecule has 18 heavy (non-hydrogen) atoms. The van der Waals surface area contributed by atoms with Crippen LogP contribution in [0.4, 0.5) is 0 Å². The highest BCUT2D eigenvalue weighted by Gasteiger charge is 2.37. The highest BCUT2D eigenvalue weighted by atomic mass is 35.5. The van der Waals surface area contributed by atoms with Gasteiger partial charge >= 0.3 is 0 Å². The van der Waals surface area contributed by atoms with Gasteiger partial charge in [0.1, 0.15) is 5.84 Å². The third-order valence-corrected chi connectivity index (χ3v) is 3.58. The summed E-state index contributed by atoms with van der Waals surface area (Å²) in [6.07, 6.45) is 5.81. The van der Waals surface area contributed by atoms with Gasteiger partial charge in [-0.15, -0.1) is 0 Å². The molecule has 3 rings (SSSR count). The largest absolute Gasteiger partial charge is 0.328 e. The van der Waals surface area contributed by atoms with Crippen molar-refractivity contribution >= 4 is 17.4 Å². The molecule has 4 heteroatoms. The van der Waals surface area contributed by atoms with E-state index in [1.807, 2.05) is 36.6 Å².